The van der Waals surface area contributed by atoms with Gasteiger partial charge in [-0.1, -0.05) is 30.0 Å². The minimum Gasteiger partial charge on any atom is -0.325 e. The molecule has 2 heterocycles. The first-order valence-corrected chi connectivity index (χ1v) is 10.4. The summed E-state index contributed by atoms with van der Waals surface area (Å²) in [5.41, 5.74) is -1.11. The quantitative estimate of drug-likeness (QED) is 0.560. The van der Waals surface area contributed by atoms with Crippen LogP contribution in [0.25, 0.3) is 10.7 Å². The highest BCUT2D eigenvalue weighted by atomic mass is 32.2. The Morgan fingerprint density at radius 1 is 1.21 bits per heavy atom. The summed E-state index contributed by atoms with van der Waals surface area (Å²) in [6, 6.07) is 9.13. The van der Waals surface area contributed by atoms with Gasteiger partial charge in [-0.2, -0.15) is 13.2 Å². The molecule has 1 amide bonds. The van der Waals surface area contributed by atoms with E-state index in [4.69, 9.17) is 0 Å². The fraction of sp³-hybridized carbons (Fsp3) is 0.278. The molecule has 3 aromatic rings. The summed E-state index contributed by atoms with van der Waals surface area (Å²) in [6.45, 7) is 0. The maximum atomic E-state index is 13.1. The maximum absolute atomic E-state index is 13.1. The molecule has 5 nitrogen and oxygen atoms in total. The third-order valence-corrected chi connectivity index (χ3v) is 5.97. The van der Waals surface area contributed by atoms with Crippen LogP contribution in [0.15, 0.2) is 46.9 Å². The number of anilines is 1. The van der Waals surface area contributed by atoms with Crippen molar-refractivity contribution >= 4 is 34.7 Å². The van der Waals surface area contributed by atoms with E-state index in [9.17, 15) is 18.0 Å². The van der Waals surface area contributed by atoms with Gasteiger partial charge in [0.15, 0.2) is 11.0 Å². The number of thiophene rings is 1. The highest BCUT2D eigenvalue weighted by molar-refractivity contribution is 7.99. The van der Waals surface area contributed by atoms with E-state index in [-0.39, 0.29) is 11.4 Å². The fourth-order valence-electron chi connectivity index (χ4n) is 2.77. The monoisotopic (exact) mass is 424 g/mol. The van der Waals surface area contributed by atoms with Crippen molar-refractivity contribution in [1.29, 1.82) is 0 Å². The van der Waals surface area contributed by atoms with Crippen molar-refractivity contribution in [2.45, 2.75) is 30.2 Å². The van der Waals surface area contributed by atoms with Crippen molar-refractivity contribution in [3.8, 4) is 10.7 Å². The van der Waals surface area contributed by atoms with Gasteiger partial charge in [-0.3, -0.25) is 9.36 Å². The van der Waals surface area contributed by atoms with Crippen molar-refractivity contribution < 1.29 is 18.0 Å². The van der Waals surface area contributed by atoms with Gasteiger partial charge in [-0.05, 0) is 36.4 Å². The van der Waals surface area contributed by atoms with Crippen molar-refractivity contribution in [2.75, 3.05) is 11.1 Å². The molecule has 0 spiro atoms. The van der Waals surface area contributed by atoms with Crippen LogP contribution in [0.1, 0.15) is 24.4 Å². The van der Waals surface area contributed by atoms with Crippen LogP contribution in [0.4, 0.5) is 18.9 Å². The number of hydrogen-bond donors (Lipinski definition) is 1. The Labute approximate surface area is 167 Å². The zero-order valence-corrected chi connectivity index (χ0v) is 16.1. The molecule has 0 radical (unpaired) electrons. The van der Waals surface area contributed by atoms with Gasteiger partial charge in [-0.15, -0.1) is 21.5 Å². The molecule has 1 aromatic carbocycles. The average molecular weight is 424 g/mol. The summed E-state index contributed by atoms with van der Waals surface area (Å²) in [6.07, 6.45) is -2.48. The molecule has 10 heteroatoms. The Hall–Kier alpha value is -2.33. The first-order valence-electron chi connectivity index (χ1n) is 8.51. The first kappa shape index (κ1) is 19.0. The van der Waals surface area contributed by atoms with E-state index in [1.165, 1.54) is 30.0 Å². The number of nitrogens with zero attached hydrogens (tertiary/aromatic N) is 3. The Kier molecular flexibility index (Phi) is 5.15. The van der Waals surface area contributed by atoms with Crippen LogP contribution in [0.5, 0.6) is 0 Å². The smallest absolute Gasteiger partial charge is 0.325 e. The molecule has 0 bridgehead atoms. The van der Waals surface area contributed by atoms with Crippen LogP contribution in [0.2, 0.25) is 0 Å². The largest absolute Gasteiger partial charge is 0.418 e. The van der Waals surface area contributed by atoms with Crippen LogP contribution in [-0.2, 0) is 11.0 Å². The third kappa shape index (κ3) is 4.07. The van der Waals surface area contributed by atoms with Gasteiger partial charge in [0.25, 0.3) is 0 Å². The highest BCUT2D eigenvalue weighted by Crippen LogP contribution is 2.42. The number of aromatic nitrogens is 3. The summed E-state index contributed by atoms with van der Waals surface area (Å²) >= 11 is 2.74. The number of carbonyl (C=O) groups excluding carboxylic acids is 1. The summed E-state index contributed by atoms with van der Waals surface area (Å²) in [5.74, 6) is 0.189. The summed E-state index contributed by atoms with van der Waals surface area (Å²) in [7, 11) is 0. The van der Waals surface area contributed by atoms with Crippen LogP contribution in [0, 0.1) is 0 Å². The van der Waals surface area contributed by atoms with Gasteiger partial charge < -0.3 is 5.32 Å². The predicted molar refractivity (Wildman–Crippen MR) is 102 cm³/mol. The van der Waals surface area contributed by atoms with Crippen LogP contribution in [0.3, 0.4) is 0 Å². The second-order valence-electron chi connectivity index (χ2n) is 6.26. The number of nitrogens with one attached hydrogen (secondary N) is 1. The Bertz CT molecular complexity index is 981. The molecular formula is C18H15F3N4OS2. The van der Waals surface area contributed by atoms with Crippen LogP contribution in [-0.4, -0.2) is 26.4 Å². The number of carbonyl (C=O) groups is 1. The fourth-order valence-corrected chi connectivity index (χ4v) is 4.28. The van der Waals surface area contributed by atoms with Gasteiger partial charge in [0.2, 0.25) is 5.91 Å². The zero-order valence-electron chi connectivity index (χ0n) is 14.4. The van der Waals surface area contributed by atoms with Gasteiger partial charge in [0.1, 0.15) is 0 Å². The van der Waals surface area contributed by atoms with Crippen LogP contribution < -0.4 is 5.32 Å². The predicted octanol–water partition coefficient (Wildman–Crippen LogP) is 5.09. The van der Waals surface area contributed by atoms with E-state index in [0.717, 1.165) is 29.6 Å². The molecule has 0 saturated heterocycles. The summed E-state index contributed by atoms with van der Waals surface area (Å²) in [4.78, 5) is 13.2. The molecule has 28 heavy (non-hydrogen) atoms. The van der Waals surface area contributed by atoms with Gasteiger partial charge in [-0.25, -0.2) is 0 Å². The molecule has 0 aliphatic heterocycles. The van der Waals surface area contributed by atoms with Crippen LogP contribution >= 0.6 is 23.1 Å². The molecule has 1 aliphatic carbocycles. The molecular weight excluding hydrogens is 409 g/mol. The van der Waals surface area contributed by atoms with Gasteiger partial charge in [0, 0.05) is 6.04 Å². The average Bonchev–Trinajstić information content (AvgIpc) is 3.17. The Balaban J connectivity index is 1.47. The van der Waals surface area contributed by atoms with Crippen molar-refractivity contribution in [2.24, 2.45) is 0 Å². The maximum Gasteiger partial charge on any atom is 0.418 e. The third-order valence-electron chi connectivity index (χ3n) is 4.16. The van der Waals surface area contributed by atoms with E-state index >= 15 is 0 Å². The molecule has 1 saturated carbocycles. The lowest BCUT2D eigenvalue weighted by Crippen LogP contribution is -2.18. The summed E-state index contributed by atoms with van der Waals surface area (Å²) < 4.78 is 41.2. The standard InChI is InChI=1S/C18H15F3N4OS2/c19-18(20,21)12-4-1-2-5-13(12)22-15(26)10-28-17-24-23-16(14-6-3-9-27-14)25(17)11-7-8-11/h1-6,9,11H,7-8,10H2,(H,22,26). The van der Waals surface area contributed by atoms with Gasteiger partial charge >= 0.3 is 6.18 Å². The molecule has 0 atom stereocenters. The SMILES string of the molecule is O=C(CSc1nnc(-c2cccs2)n1C1CC1)Nc1ccccc1C(F)(F)F. The lowest BCUT2D eigenvalue weighted by atomic mass is 10.1. The Morgan fingerprint density at radius 3 is 2.68 bits per heavy atom. The van der Waals surface area contributed by atoms with E-state index < -0.39 is 17.6 Å². The number of rotatable bonds is 6. The van der Waals surface area contributed by atoms with Crippen molar-refractivity contribution in [3.63, 3.8) is 0 Å². The second-order valence-corrected chi connectivity index (χ2v) is 8.16. The lowest BCUT2D eigenvalue weighted by Gasteiger charge is -2.13. The Morgan fingerprint density at radius 2 is 2.00 bits per heavy atom. The van der Waals surface area contributed by atoms with Crippen molar-refractivity contribution in [1.82, 2.24) is 14.8 Å². The molecule has 0 unspecified atom stereocenters. The van der Waals surface area contributed by atoms with Crippen molar-refractivity contribution in [3.05, 3.63) is 47.3 Å². The van der Waals surface area contributed by atoms with E-state index in [2.05, 4.69) is 15.5 Å². The number of amides is 1. The number of benzene rings is 1. The van der Waals surface area contributed by atoms with E-state index in [1.807, 2.05) is 22.1 Å². The number of thioether (sulfide) groups is 1. The van der Waals surface area contributed by atoms with Gasteiger partial charge in [0.05, 0.1) is 21.9 Å². The normalized spacial score (nSPS) is 14.2. The molecule has 4 rings (SSSR count). The number of alkyl halides is 3. The lowest BCUT2D eigenvalue weighted by molar-refractivity contribution is -0.137. The topological polar surface area (TPSA) is 59.8 Å². The molecule has 1 N–H and O–H groups in total. The minimum atomic E-state index is -4.53. The van der Waals surface area contributed by atoms with E-state index in [0.29, 0.717) is 11.2 Å². The minimum absolute atomic E-state index is 0.0541. The molecule has 1 fully saturated rings. The number of para-hydroxylation sites is 1. The zero-order chi connectivity index (χ0) is 19.7. The molecule has 146 valence electrons. The number of halogens is 3. The molecule has 2 aromatic heterocycles. The number of hydrogen-bond acceptors (Lipinski definition) is 5. The first-order chi connectivity index (χ1) is 13.4. The highest BCUT2D eigenvalue weighted by Gasteiger charge is 2.34. The molecule has 1 aliphatic rings. The summed E-state index contributed by atoms with van der Waals surface area (Å²) in [5, 5.41) is 13.4. The second kappa shape index (κ2) is 7.59. The van der Waals surface area contributed by atoms with E-state index in [1.54, 1.807) is 11.3 Å².